The van der Waals surface area contributed by atoms with Gasteiger partial charge >= 0.3 is 5.97 Å². The third-order valence-electron chi connectivity index (χ3n) is 5.85. The molecule has 4 heteroatoms. The minimum absolute atomic E-state index is 0.0305. The van der Waals surface area contributed by atoms with Crippen molar-refractivity contribution in [1.29, 1.82) is 0 Å². The zero-order valence-electron chi connectivity index (χ0n) is 14.1. The van der Waals surface area contributed by atoms with Gasteiger partial charge in [-0.3, -0.25) is 4.79 Å². The molecule has 0 aliphatic heterocycles. The Kier molecular flexibility index (Phi) is 3.76. The summed E-state index contributed by atoms with van der Waals surface area (Å²) < 4.78 is 0. The number of carbonyl (C=O) groups excluding carboxylic acids is 1. The highest BCUT2D eigenvalue weighted by atomic mass is 35.5. The number of halogens is 1. The summed E-state index contributed by atoms with van der Waals surface area (Å²) in [6.45, 7) is 9.72. The Labute approximate surface area is 147 Å². The van der Waals surface area contributed by atoms with Crippen molar-refractivity contribution in [1.82, 2.24) is 0 Å². The Hall–Kier alpha value is -1.87. The lowest BCUT2D eigenvalue weighted by atomic mass is 9.56. The molecule has 0 heterocycles. The molecule has 1 aromatic carbocycles. The highest BCUT2D eigenvalue weighted by Crippen LogP contribution is 2.53. The van der Waals surface area contributed by atoms with Gasteiger partial charge in [-0.1, -0.05) is 32.1 Å². The second kappa shape index (κ2) is 5.32. The maximum atomic E-state index is 13.1. The van der Waals surface area contributed by atoms with E-state index in [0.29, 0.717) is 17.6 Å². The smallest absolute Gasteiger partial charge is 0.336 e. The van der Waals surface area contributed by atoms with Gasteiger partial charge in [0.25, 0.3) is 0 Å². The number of alkyl halides is 1. The largest absolute Gasteiger partial charge is 0.478 e. The second-order valence-corrected chi connectivity index (χ2v) is 7.99. The summed E-state index contributed by atoms with van der Waals surface area (Å²) in [7, 11) is 0. The first-order chi connectivity index (χ1) is 11.1. The van der Waals surface area contributed by atoms with E-state index in [1.807, 2.05) is 13.0 Å². The molecule has 1 fully saturated rings. The number of hydrogen-bond acceptors (Lipinski definition) is 2. The minimum Gasteiger partial charge on any atom is -0.478 e. The molecule has 2 aliphatic carbocycles. The Morgan fingerprint density at radius 2 is 2.04 bits per heavy atom. The molecule has 3 atom stereocenters. The van der Waals surface area contributed by atoms with Crippen LogP contribution in [0.15, 0.2) is 36.4 Å². The van der Waals surface area contributed by atoms with Gasteiger partial charge < -0.3 is 5.11 Å². The van der Waals surface area contributed by atoms with Crippen molar-refractivity contribution >= 4 is 29.4 Å². The number of ketones is 1. The summed E-state index contributed by atoms with van der Waals surface area (Å²) in [6, 6.07) is 5.29. The van der Waals surface area contributed by atoms with Crippen molar-refractivity contribution in [3.05, 3.63) is 53.1 Å². The van der Waals surface area contributed by atoms with Crippen molar-refractivity contribution in [2.75, 3.05) is 0 Å². The number of Topliss-reactive ketones (excluding diaryl/α,β-unsaturated/α-hetero) is 1. The monoisotopic (exact) mass is 344 g/mol. The van der Waals surface area contributed by atoms with E-state index in [-0.39, 0.29) is 28.1 Å². The molecule has 2 aliphatic rings. The van der Waals surface area contributed by atoms with Gasteiger partial charge in [-0.15, -0.1) is 18.2 Å². The number of carboxylic acid groups (broad SMARTS) is 1. The van der Waals surface area contributed by atoms with Crippen LogP contribution in [0.4, 0.5) is 0 Å². The molecule has 1 N–H and O–H groups in total. The predicted octanol–water partition coefficient (Wildman–Crippen LogP) is 4.45. The zero-order chi connectivity index (χ0) is 17.9. The van der Waals surface area contributed by atoms with Crippen molar-refractivity contribution in [2.24, 2.45) is 11.3 Å². The van der Waals surface area contributed by atoms with Crippen molar-refractivity contribution in [3.8, 4) is 0 Å². The maximum Gasteiger partial charge on any atom is 0.336 e. The highest BCUT2D eigenvalue weighted by molar-refractivity contribution is 6.25. The summed E-state index contributed by atoms with van der Waals surface area (Å²) in [5.41, 5.74) is 1.29. The number of aromatic carboxylic acids is 1. The molecule has 0 amide bonds. The fourth-order valence-corrected chi connectivity index (χ4v) is 4.44. The first-order valence-electron chi connectivity index (χ1n) is 8.05. The summed E-state index contributed by atoms with van der Waals surface area (Å²) in [4.78, 5) is 24.7. The van der Waals surface area contributed by atoms with Crippen LogP contribution in [0.2, 0.25) is 0 Å². The Balaban J connectivity index is 2.28. The van der Waals surface area contributed by atoms with E-state index in [4.69, 9.17) is 11.6 Å². The van der Waals surface area contributed by atoms with Gasteiger partial charge in [0, 0.05) is 5.57 Å². The van der Waals surface area contributed by atoms with Crippen LogP contribution < -0.4 is 0 Å². The van der Waals surface area contributed by atoms with E-state index >= 15 is 0 Å². The molecule has 1 saturated carbocycles. The van der Waals surface area contributed by atoms with Gasteiger partial charge in [0.05, 0.1) is 16.4 Å². The number of benzene rings is 1. The van der Waals surface area contributed by atoms with Crippen LogP contribution in [0.5, 0.6) is 0 Å². The van der Waals surface area contributed by atoms with E-state index in [9.17, 15) is 14.7 Å². The standard InChI is InChI=1S/C20H21ClO3/c1-5-20(4)16(21)10-15-13(17(20)22)9-12-11(18(23)24)7-6-8-14(12)19(15,2)3/h5-9,15-16H,1,10H2,2-4H3,(H,23,24)/t15-,16+,20-/m0/s1. The average molecular weight is 345 g/mol. The van der Waals surface area contributed by atoms with Gasteiger partial charge in [-0.05, 0) is 47.9 Å². The first-order valence-corrected chi connectivity index (χ1v) is 8.49. The van der Waals surface area contributed by atoms with Gasteiger partial charge in [0.2, 0.25) is 0 Å². The van der Waals surface area contributed by atoms with E-state index in [1.54, 1.807) is 24.3 Å². The quantitative estimate of drug-likeness (QED) is 0.637. The van der Waals surface area contributed by atoms with Crippen LogP contribution in [0.1, 0.15) is 48.7 Å². The third kappa shape index (κ3) is 2.11. The molecular formula is C20H21ClO3. The fraction of sp³-hybridized carbons (Fsp3) is 0.400. The van der Waals surface area contributed by atoms with Crippen LogP contribution in [-0.2, 0) is 10.2 Å². The van der Waals surface area contributed by atoms with E-state index in [0.717, 1.165) is 5.56 Å². The number of fused-ring (bicyclic) bond motifs is 2. The molecule has 0 aromatic heterocycles. The van der Waals surface area contributed by atoms with Crippen molar-refractivity contribution in [3.63, 3.8) is 0 Å². The predicted molar refractivity (Wildman–Crippen MR) is 95.5 cm³/mol. The van der Waals surface area contributed by atoms with E-state index in [2.05, 4.69) is 20.4 Å². The summed E-state index contributed by atoms with van der Waals surface area (Å²) >= 11 is 6.56. The molecule has 0 bridgehead atoms. The molecule has 0 unspecified atom stereocenters. The van der Waals surface area contributed by atoms with Crippen LogP contribution in [0, 0.1) is 11.3 Å². The Bertz CT molecular complexity index is 790. The van der Waals surface area contributed by atoms with Crippen molar-refractivity contribution in [2.45, 2.75) is 38.0 Å². The second-order valence-electron chi connectivity index (χ2n) is 7.47. The summed E-state index contributed by atoms with van der Waals surface area (Å²) in [5, 5.41) is 9.19. The lowest BCUT2D eigenvalue weighted by Crippen LogP contribution is -2.49. The normalized spacial score (nSPS) is 30.8. The van der Waals surface area contributed by atoms with Crippen molar-refractivity contribution < 1.29 is 14.7 Å². The molecule has 1 aromatic rings. The molecule has 3 nitrogen and oxygen atoms in total. The third-order valence-corrected chi connectivity index (χ3v) is 6.48. The van der Waals surface area contributed by atoms with E-state index < -0.39 is 11.4 Å². The molecule has 24 heavy (non-hydrogen) atoms. The molecule has 0 spiro atoms. The molecule has 3 rings (SSSR count). The zero-order valence-corrected chi connectivity index (χ0v) is 14.9. The molecule has 0 radical (unpaired) electrons. The lowest BCUT2D eigenvalue weighted by Gasteiger charge is -2.48. The molecule has 0 saturated heterocycles. The minimum atomic E-state index is -0.983. The average Bonchev–Trinajstić information content (AvgIpc) is 2.53. The summed E-state index contributed by atoms with van der Waals surface area (Å²) in [6.07, 6.45) is 4.04. The number of carbonyl (C=O) groups is 2. The van der Waals surface area contributed by atoms with Crippen LogP contribution in [0.3, 0.4) is 0 Å². The number of carboxylic acids is 1. The Morgan fingerprint density at radius 3 is 2.62 bits per heavy atom. The topological polar surface area (TPSA) is 54.4 Å². The maximum absolute atomic E-state index is 13.1. The first kappa shape index (κ1) is 17.0. The number of hydrogen-bond donors (Lipinski definition) is 1. The fourth-order valence-electron chi connectivity index (χ4n) is 4.07. The summed E-state index contributed by atoms with van der Waals surface area (Å²) in [5.74, 6) is -1.06. The lowest BCUT2D eigenvalue weighted by molar-refractivity contribution is -0.124. The van der Waals surface area contributed by atoms with Gasteiger partial charge in [-0.25, -0.2) is 4.79 Å². The Morgan fingerprint density at radius 1 is 1.38 bits per heavy atom. The molecule has 126 valence electrons. The van der Waals surface area contributed by atoms with Gasteiger partial charge in [-0.2, -0.15) is 0 Å². The van der Waals surface area contributed by atoms with Crippen LogP contribution >= 0.6 is 11.6 Å². The van der Waals surface area contributed by atoms with Gasteiger partial charge in [0.1, 0.15) is 0 Å². The van der Waals surface area contributed by atoms with Crippen LogP contribution in [0.25, 0.3) is 6.08 Å². The number of rotatable bonds is 2. The number of allylic oxidation sites excluding steroid dienone is 2. The van der Waals surface area contributed by atoms with Crippen LogP contribution in [-0.4, -0.2) is 22.2 Å². The van der Waals surface area contributed by atoms with Gasteiger partial charge in [0.15, 0.2) is 5.78 Å². The van der Waals surface area contributed by atoms with E-state index in [1.165, 1.54) is 0 Å². The SMILES string of the molecule is C=C[C@]1(C)C(=O)C2=Cc3c(C(=O)O)cccc3C(C)(C)[C@H]2C[C@H]1Cl. The molecular weight excluding hydrogens is 324 g/mol. The highest BCUT2D eigenvalue weighted by Gasteiger charge is 2.52.